The van der Waals surface area contributed by atoms with Gasteiger partial charge in [-0.15, -0.1) is 0 Å². The predicted octanol–water partition coefficient (Wildman–Crippen LogP) is 1.29. The monoisotopic (exact) mass is 233 g/mol. The SMILES string of the molecule is CO[Si]1(OC)CCC(=O)N1[Si](C)(C)C. The first-order chi connectivity index (χ1) is 6.37. The molecule has 6 heteroatoms. The standard InChI is InChI=1S/C8H19NO3Si2/c1-11-14(12-2)7-6-8(10)9(14)13(3,4)5/h6-7H2,1-5H3. The van der Waals surface area contributed by atoms with Gasteiger partial charge in [-0.2, -0.15) is 0 Å². The quantitative estimate of drug-likeness (QED) is 0.689. The van der Waals surface area contributed by atoms with E-state index in [-0.39, 0.29) is 5.91 Å². The fourth-order valence-corrected chi connectivity index (χ4v) is 10.1. The van der Waals surface area contributed by atoms with Gasteiger partial charge in [0.1, 0.15) is 8.24 Å². The zero-order chi connectivity index (χ0) is 11.0. The Balaban J connectivity index is 3.03. The fraction of sp³-hybridized carbons (Fsp3) is 0.875. The maximum atomic E-state index is 11.8. The number of carbonyl (C=O) groups is 1. The van der Waals surface area contributed by atoms with Crippen LogP contribution in [0.15, 0.2) is 0 Å². The number of hydrogen-bond donors (Lipinski definition) is 0. The van der Waals surface area contributed by atoms with Crippen LogP contribution in [0.1, 0.15) is 6.42 Å². The largest absolute Gasteiger partial charge is 0.453 e. The number of carbonyl (C=O) groups excluding carboxylic acids is 1. The van der Waals surface area contributed by atoms with Crippen LogP contribution in [0, 0.1) is 0 Å². The molecular formula is C8H19NO3Si2. The second-order valence-electron chi connectivity index (χ2n) is 4.52. The first kappa shape index (κ1) is 11.9. The summed E-state index contributed by atoms with van der Waals surface area (Å²) in [6.07, 6.45) is 0.582. The Morgan fingerprint density at radius 1 is 1.29 bits per heavy atom. The molecule has 1 amide bonds. The third-order valence-electron chi connectivity index (χ3n) is 2.55. The molecule has 0 aromatic rings. The van der Waals surface area contributed by atoms with Crippen LogP contribution in [0.4, 0.5) is 0 Å². The van der Waals surface area contributed by atoms with Gasteiger partial charge in [0.05, 0.1) is 0 Å². The molecule has 1 aliphatic heterocycles. The van der Waals surface area contributed by atoms with Gasteiger partial charge in [0.25, 0.3) is 0 Å². The third kappa shape index (κ3) is 1.79. The molecule has 0 atom stereocenters. The van der Waals surface area contributed by atoms with Crippen molar-refractivity contribution in [1.82, 2.24) is 4.23 Å². The van der Waals surface area contributed by atoms with E-state index in [0.29, 0.717) is 6.42 Å². The highest BCUT2D eigenvalue weighted by molar-refractivity contribution is 6.90. The first-order valence-corrected chi connectivity index (χ1v) is 10.2. The van der Waals surface area contributed by atoms with Crippen molar-refractivity contribution in [3.63, 3.8) is 0 Å². The summed E-state index contributed by atoms with van der Waals surface area (Å²) in [5, 5.41) is 0. The Bertz CT molecular complexity index is 235. The van der Waals surface area contributed by atoms with E-state index < -0.39 is 17.0 Å². The van der Waals surface area contributed by atoms with Crippen molar-refractivity contribution in [1.29, 1.82) is 0 Å². The topological polar surface area (TPSA) is 38.8 Å². The maximum absolute atomic E-state index is 11.8. The Labute approximate surface area is 87.6 Å². The second-order valence-corrected chi connectivity index (χ2v) is 12.9. The lowest BCUT2D eigenvalue weighted by Crippen LogP contribution is -2.64. The summed E-state index contributed by atoms with van der Waals surface area (Å²) in [6.45, 7) is 6.45. The van der Waals surface area contributed by atoms with E-state index in [4.69, 9.17) is 8.85 Å². The Hall–Kier alpha value is -0.176. The number of hydrogen-bond acceptors (Lipinski definition) is 3. The normalized spacial score (nSPS) is 21.8. The molecule has 1 saturated heterocycles. The highest BCUT2D eigenvalue weighted by Gasteiger charge is 2.56. The second kappa shape index (κ2) is 3.76. The van der Waals surface area contributed by atoms with Crippen LogP contribution in [0.3, 0.4) is 0 Å². The van der Waals surface area contributed by atoms with Gasteiger partial charge < -0.3 is 13.1 Å². The van der Waals surface area contributed by atoms with E-state index in [1.54, 1.807) is 14.2 Å². The first-order valence-electron chi connectivity index (χ1n) is 4.81. The van der Waals surface area contributed by atoms with Gasteiger partial charge >= 0.3 is 8.72 Å². The minimum Gasteiger partial charge on any atom is -0.382 e. The van der Waals surface area contributed by atoms with Gasteiger partial charge in [-0.3, -0.25) is 4.79 Å². The van der Waals surface area contributed by atoms with Crippen molar-refractivity contribution in [2.45, 2.75) is 32.1 Å². The van der Waals surface area contributed by atoms with Crippen LogP contribution in [0.25, 0.3) is 0 Å². The molecule has 14 heavy (non-hydrogen) atoms. The Morgan fingerprint density at radius 3 is 2.07 bits per heavy atom. The van der Waals surface area contributed by atoms with E-state index in [1.165, 1.54) is 0 Å². The van der Waals surface area contributed by atoms with Gasteiger partial charge in [0.15, 0.2) is 0 Å². The molecule has 1 rings (SSSR count). The van der Waals surface area contributed by atoms with Gasteiger partial charge in [0.2, 0.25) is 5.91 Å². The molecule has 0 aliphatic carbocycles. The van der Waals surface area contributed by atoms with Crippen LogP contribution < -0.4 is 0 Å². The van der Waals surface area contributed by atoms with Gasteiger partial charge in [-0.05, 0) is 0 Å². The summed E-state index contributed by atoms with van der Waals surface area (Å²) in [7, 11) is -0.723. The van der Waals surface area contributed by atoms with Crippen molar-refractivity contribution in [2.24, 2.45) is 0 Å². The molecule has 0 aromatic carbocycles. The molecule has 0 bridgehead atoms. The molecule has 0 N–H and O–H groups in total. The Morgan fingerprint density at radius 2 is 1.79 bits per heavy atom. The minimum absolute atomic E-state index is 0.208. The fourth-order valence-electron chi connectivity index (χ4n) is 2.03. The summed E-state index contributed by atoms with van der Waals surface area (Å²) in [6, 6.07) is 0.767. The zero-order valence-electron chi connectivity index (χ0n) is 9.59. The number of amides is 1. The molecule has 0 spiro atoms. The smallest absolute Gasteiger partial charge is 0.382 e. The summed E-state index contributed by atoms with van der Waals surface area (Å²) < 4.78 is 13.0. The number of rotatable bonds is 3. The van der Waals surface area contributed by atoms with Crippen LogP contribution >= 0.6 is 0 Å². The lowest BCUT2D eigenvalue weighted by atomic mass is 10.5. The molecule has 0 radical (unpaired) electrons. The molecular weight excluding hydrogens is 214 g/mol. The van der Waals surface area contributed by atoms with E-state index in [9.17, 15) is 4.79 Å². The van der Waals surface area contributed by atoms with Crippen molar-refractivity contribution in [3.8, 4) is 0 Å². The molecule has 1 fully saturated rings. The highest BCUT2D eigenvalue weighted by Crippen LogP contribution is 2.32. The van der Waals surface area contributed by atoms with Crippen molar-refractivity contribution in [2.75, 3.05) is 14.2 Å². The van der Waals surface area contributed by atoms with E-state index >= 15 is 0 Å². The predicted molar refractivity (Wildman–Crippen MR) is 59.4 cm³/mol. The lowest BCUT2D eigenvalue weighted by Gasteiger charge is -2.40. The summed E-state index contributed by atoms with van der Waals surface area (Å²) in [4.78, 5) is 11.8. The molecule has 1 aliphatic rings. The third-order valence-corrected chi connectivity index (χ3v) is 10.3. The maximum Gasteiger partial charge on any atom is 0.453 e. The van der Waals surface area contributed by atoms with Gasteiger partial charge in [-0.25, -0.2) is 0 Å². The molecule has 1 heterocycles. The molecule has 0 saturated carbocycles. The summed E-state index contributed by atoms with van der Waals surface area (Å²) in [5.41, 5.74) is 0. The lowest BCUT2D eigenvalue weighted by molar-refractivity contribution is -0.123. The van der Waals surface area contributed by atoms with Crippen molar-refractivity contribution in [3.05, 3.63) is 0 Å². The molecule has 82 valence electrons. The van der Waals surface area contributed by atoms with Crippen LogP contribution in [0.2, 0.25) is 25.7 Å². The van der Waals surface area contributed by atoms with E-state index in [2.05, 4.69) is 19.6 Å². The summed E-state index contributed by atoms with van der Waals surface area (Å²) in [5.74, 6) is 0.208. The average Bonchev–Trinajstić information content (AvgIpc) is 2.42. The van der Waals surface area contributed by atoms with Crippen molar-refractivity contribution >= 4 is 22.9 Å². The zero-order valence-corrected chi connectivity index (χ0v) is 11.6. The van der Waals surface area contributed by atoms with Crippen LogP contribution in [-0.2, 0) is 13.6 Å². The molecule has 0 aromatic heterocycles. The number of nitrogens with zero attached hydrogens (tertiary/aromatic N) is 1. The van der Waals surface area contributed by atoms with Crippen LogP contribution in [0.5, 0.6) is 0 Å². The van der Waals surface area contributed by atoms with E-state index in [0.717, 1.165) is 6.04 Å². The van der Waals surface area contributed by atoms with Crippen molar-refractivity contribution < 1.29 is 13.6 Å². The average molecular weight is 233 g/mol. The molecule has 0 unspecified atom stereocenters. The summed E-state index contributed by atoms with van der Waals surface area (Å²) >= 11 is 0. The van der Waals surface area contributed by atoms with E-state index in [1.807, 2.05) is 4.23 Å². The van der Waals surface area contributed by atoms with Gasteiger partial charge in [-0.1, -0.05) is 19.6 Å². The van der Waals surface area contributed by atoms with Crippen LogP contribution in [-0.4, -0.2) is 41.3 Å². The van der Waals surface area contributed by atoms with Gasteiger partial charge in [0, 0.05) is 26.7 Å². The molecule has 4 nitrogen and oxygen atoms in total. The minimum atomic E-state index is -2.36. The Kier molecular flexibility index (Phi) is 3.20. The highest BCUT2D eigenvalue weighted by atomic mass is 28.4.